The van der Waals surface area contributed by atoms with Gasteiger partial charge in [0.25, 0.3) is 0 Å². The smallest absolute Gasteiger partial charge is 0.174 e. The summed E-state index contributed by atoms with van der Waals surface area (Å²) in [5.41, 5.74) is 4.92. The number of aryl methyl sites for hydroxylation is 1. The van der Waals surface area contributed by atoms with E-state index < -0.39 is 6.10 Å². The Morgan fingerprint density at radius 2 is 1.73 bits per heavy atom. The Labute approximate surface area is 243 Å². The van der Waals surface area contributed by atoms with E-state index in [-0.39, 0.29) is 23.6 Å². The molecule has 0 radical (unpaired) electrons. The predicted molar refractivity (Wildman–Crippen MR) is 158 cm³/mol. The van der Waals surface area contributed by atoms with Gasteiger partial charge in [-0.05, 0) is 62.1 Å². The second-order valence-electron chi connectivity index (χ2n) is 11.6. The highest BCUT2D eigenvalue weighted by Gasteiger charge is 2.66. The third kappa shape index (κ3) is 4.38. The monoisotopic (exact) mass is 559 g/mol. The molecule has 2 aliphatic carbocycles. The number of nitrogens with zero attached hydrogens (tertiary/aromatic N) is 1. The normalized spacial score (nSPS) is 25.9. The first-order valence-electron chi connectivity index (χ1n) is 14.6. The highest BCUT2D eigenvalue weighted by molar-refractivity contribution is 5.89. The summed E-state index contributed by atoms with van der Waals surface area (Å²) in [6, 6.07) is 23.8. The maximum absolute atomic E-state index is 13.3. The van der Waals surface area contributed by atoms with E-state index in [1.54, 1.807) is 7.11 Å². The molecule has 5 nitrogen and oxygen atoms in total. The quantitative estimate of drug-likeness (QED) is 0.302. The Balaban J connectivity index is 0.00000289. The summed E-state index contributed by atoms with van der Waals surface area (Å²) >= 11 is 0. The third-order valence-electron chi connectivity index (χ3n) is 9.76. The summed E-state index contributed by atoms with van der Waals surface area (Å²) in [5, 5.41) is 0. The number of carbonyl (C=O) groups is 1. The molecule has 210 valence electrons. The molecule has 2 bridgehead atoms. The second kappa shape index (κ2) is 11.1. The Bertz CT molecular complexity index is 1360. The van der Waals surface area contributed by atoms with Gasteiger partial charge in [-0.3, -0.25) is 9.69 Å². The number of hydrogen-bond acceptors (Lipinski definition) is 5. The average Bonchev–Trinajstić information content (AvgIpc) is 3.32. The maximum atomic E-state index is 13.3. The number of Topliss-reactive ketones (excluding diaryl/α,β-unsaturated/α-hetero) is 1. The summed E-state index contributed by atoms with van der Waals surface area (Å²) in [6.45, 7) is 2.67. The molecule has 4 atom stereocenters. The number of likely N-dealkylation sites (tertiary alicyclic amines) is 1. The molecule has 0 unspecified atom stereocenters. The van der Waals surface area contributed by atoms with E-state index in [0.29, 0.717) is 30.7 Å². The van der Waals surface area contributed by atoms with Crippen LogP contribution in [0.25, 0.3) is 0 Å². The minimum absolute atomic E-state index is 0. The molecule has 1 spiro atoms. The summed E-state index contributed by atoms with van der Waals surface area (Å²) in [5.74, 6) is 3.07. The van der Waals surface area contributed by atoms with Crippen molar-refractivity contribution in [1.82, 2.24) is 4.90 Å². The number of rotatable bonds is 9. The van der Waals surface area contributed by atoms with E-state index in [0.717, 1.165) is 63.1 Å². The van der Waals surface area contributed by atoms with Gasteiger partial charge in [0.1, 0.15) is 5.75 Å². The van der Waals surface area contributed by atoms with Crippen LogP contribution >= 0.6 is 12.4 Å². The molecule has 3 aromatic carbocycles. The number of methoxy groups -OCH3 is 1. The number of hydrogen-bond donors (Lipinski definition) is 0. The van der Waals surface area contributed by atoms with Crippen LogP contribution in [0.1, 0.15) is 47.9 Å². The minimum Gasteiger partial charge on any atom is -0.493 e. The van der Waals surface area contributed by atoms with Gasteiger partial charge in [0.15, 0.2) is 23.4 Å². The van der Waals surface area contributed by atoms with E-state index >= 15 is 0 Å². The first-order valence-corrected chi connectivity index (χ1v) is 14.6. The lowest BCUT2D eigenvalue weighted by Gasteiger charge is -2.57. The molecule has 1 saturated heterocycles. The molecule has 0 N–H and O–H groups in total. The van der Waals surface area contributed by atoms with Crippen LogP contribution in [0, 0.1) is 5.92 Å². The van der Waals surface area contributed by atoms with Crippen LogP contribution < -0.4 is 14.2 Å². The van der Waals surface area contributed by atoms with Crippen molar-refractivity contribution < 1.29 is 19.0 Å². The summed E-state index contributed by atoms with van der Waals surface area (Å²) in [6.07, 6.45) is 6.00. The molecule has 2 heterocycles. The largest absolute Gasteiger partial charge is 0.493 e. The summed E-state index contributed by atoms with van der Waals surface area (Å²) < 4.78 is 18.9. The van der Waals surface area contributed by atoms with Crippen LogP contribution in [0.15, 0.2) is 66.7 Å². The number of benzene rings is 3. The molecule has 7 rings (SSSR count). The van der Waals surface area contributed by atoms with Gasteiger partial charge < -0.3 is 14.2 Å². The van der Waals surface area contributed by atoms with Crippen LogP contribution in [0.5, 0.6) is 17.2 Å². The van der Waals surface area contributed by atoms with Crippen molar-refractivity contribution in [3.8, 4) is 17.2 Å². The zero-order chi connectivity index (χ0) is 26.4. The molecule has 0 amide bonds. The van der Waals surface area contributed by atoms with Crippen LogP contribution in [-0.4, -0.2) is 49.6 Å². The van der Waals surface area contributed by atoms with Crippen molar-refractivity contribution >= 4 is 18.2 Å². The Hall–Kier alpha value is -3.02. The van der Waals surface area contributed by atoms with Gasteiger partial charge in [-0.15, -0.1) is 12.4 Å². The molecule has 6 heteroatoms. The number of ether oxygens (including phenoxy) is 3. The Kier molecular flexibility index (Phi) is 7.54. The molecular formula is C34H38ClNO4. The Morgan fingerprint density at radius 3 is 2.45 bits per heavy atom. The zero-order valence-electron chi connectivity index (χ0n) is 23.1. The molecule has 40 heavy (non-hydrogen) atoms. The highest BCUT2D eigenvalue weighted by Crippen LogP contribution is 2.64. The lowest BCUT2D eigenvalue weighted by atomic mass is 9.51. The molecule has 2 fully saturated rings. The van der Waals surface area contributed by atoms with Crippen LogP contribution in [0.4, 0.5) is 0 Å². The lowest BCUT2D eigenvalue weighted by Crippen LogP contribution is -2.66. The number of halogens is 1. The first kappa shape index (κ1) is 27.2. The fraction of sp³-hybridized carbons (Fsp3) is 0.441. The van der Waals surface area contributed by atoms with E-state index in [2.05, 4.69) is 65.6 Å². The summed E-state index contributed by atoms with van der Waals surface area (Å²) in [7, 11) is 1.69. The topological polar surface area (TPSA) is 48.0 Å². The second-order valence-corrected chi connectivity index (χ2v) is 11.6. The van der Waals surface area contributed by atoms with Crippen molar-refractivity contribution in [1.29, 1.82) is 0 Å². The third-order valence-corrected chi connectivity index (χ3v) is 9.76. The standard InChI is InChI=1S/C34H37NO4.ClH/c1-37-30-22-29(38-20-8-13-23-9-4-2-5-10-23)25-21-27-26-14-15-28(36)33-34(26,31(25)32(30)39-33)17-19-35(27)18-16-24-11-6-3-7-12-24;/h2-7,9-12,22,26-27,33H,8,13-21H2,1H3;1H/t26-,27+,33-,34-;/m0./s1. The number of piperidine rings is 1. The van der Waals surface area contributed by atoms with Crippen molar-refractivity contribution in [2.75, 3.05) is 26.8 Å². The summed E-state index contributed by atoms with van der Waals surface area (Å²) in [4.78, 5) is 16.0. The van der Waals surface area contributed by atoms with E-state index in [1.807, 2.05) is 6.07 Å². The maximum Gasteiger partial charge on any atom is 0.174 e. The molecule has 2 aliphatic heterocycles. The van der Waals surface area contributed by atoms with Gasteiger partial charge in [0.2, 0.25) is 0 Å². The lowest BCUT2D eigenvalue weighted by molar-refractivity contribution is -0.138. The van der Waals surface area contributed by atoms with E-state index in [4.69, 9.17) is 14.2 Å². The van der Waals surface area contributed by atoms with Crippen LogP contribution in [0.3, 0.4) is 0 Å². The Morgan fingerprint density at radius 1 is 1.00 bits per heavy atom. The molecule has 3 aromatic rings. The van der Waals surface area contributed by atoms with E-state index in [1.165, 1.54) is 22.3 Å². The van der Waals surface area contributed by atoms with Crippen molar-refractivity contribution in [3.05, 3.63) is 89.0 Å². The molecule has 1 saturated carbocycles. The highest BCUT2D eigenvalue weighted by atomic mass is 35.5. The molecular weight excluding hydrogens is 522 g/mol. The van der Waals surface area contributed by atoms with Gasteiger partial charge in [0, 0.05) is 41.6 Å². The van der Waals surface area contributed by atoms with Gasteiger partial charge in [-0.25, -0.2) is 0 Å². The van der Waals surface area contributed by atoms with E-state index in [9.17, 15) is 4.79 Å². The van der Waals surface area contributed by atoms with Crippen LogP contribution in [0.2, 0.25) is 0 Å². The van der Waals surface area contributed by atoms with Gasteiger partial charge in [-0.1, -0.05) is 60.7 Å². The number of carbonyl (C=O) groups excluding carboxylic acids is 1. The number of ketones is 1. The fourth-order valence-corrected chi connectivity index (χ4v) is 8.03. The SMILES string of the molecule is COc1cc(OCCCc2ccccc2)c2c3c1O[C@H]1C(=O)CC[C@H]4[C@@H](C2)N(CCc2ccccc2)CC[C@]314.Cl. The average molecular weight is 560 g/mol. The van der Waals surface area contributed by atoms with Gasteiger partial charge >= 0.3 is 0 Å². The molecule has 0 aromatic heterocycles. The van der Waals surface area contributed by atoms with Crippen molar-refractivity contribution in [2.24, 2.45) is 5.92 Å². The minimum atomic E-state index is -0.397. The molecule has 4 aliphatic rings. The van der Waals surface area contributed by atoms with Gasteiger partial charge in [0.05, 0.1) is 13.7 Å². The van der Waals surface area contributed by atoms with Crippen LogP contribution in [-0.2, 0) is 29.5 Å². The van der Waals surface area contributed by atoms with Crippen molar-refractivity contribution in [3.63, 3.8) is 0 Å². The fourth-order valence-electron chi connectivity index (χ4n) is 8.03. The predicted octanol–water partition coefficient (Wildman–Crippen LogP) is 5.98. The zero-order valence-corrected chi connectivity index (χ0v) is 24.0. The van der Waals surface area contributed by atoms with Gasteiger partial charge in [-0.2, -0.15) is 0 Å². The first-order chi connectivity index (χ1) is 19.2. The van der Waals surface area contributed by atoms with Crippen molar-refractivity contribution in [2.45, 2.75) is 62.5 Å².